The van der Waals surface area contributed by atoms with E-state index in [-0.39, 0.29) is 0 Å². The third kappa shape index (κ3) is 1.74. The molecule has 0 atom stereocenters. The van der Waals surface area contributed by atoms with Crippen molar-refractivity contribution in [2.75, 3.05) is 13.1 Å². The highest BCUT2D eigenvalue weighted by molar-refractivity contribution is 5.79. The number of nitriles is 1. The van der Waals surface area contributed by atoms with Gasteiger partial charge in [0.2, 0.25) is 0 Å². The van der Waals surface area contributed by atoms with Crippen molar-refractivity contribution in [3.63, 3.8) is 0 Å². The number of para-hydroxylation sites is 1. The number of hydrogen-bond donors (Lipinski definition) is 0. The van der Waals surface area contributed by atoms with E-state index in [2.05, 4.69) is 17.4 Å². The standard InChI is InChI=1S/C13H13N3O/c14-9-16-7-5-10(6-8-16)13-11-3-1-2-4-12(11)17-15-13/h1-4,10H,5-8H2. The number of hydrogen-bond acceptors (Lipinski definition) is 4. The van der Waals surface area contributed by atoms with E-state index >= 15 is 0 Å². The fraction of sp³-hybridized carbons (Fsp3) is 0.385. The quantitative estimate of drug-likeness (QED) is 0.702. The Morgan fingerprint density at radius 3 is 2.82 bits per heavy atom. The minimum atomic E-state index is 0.420. The molecule has 0 spiro atoms. The maximum Gasteiger partial charge on any atom is 0.179 e. The highest BCUT2D eigenvalue weighted by Gasteiger charge is 2.24. The van der Waals surface area contributed by atoms with E-state index in [4.69, 9.17) is 9.78 Å². The molecule has 2 aromatic rings. The van der Waals surface area contributed by atoms with Crippen molar-refractivity contribution in [3.05, 3.63) is 30.0 Å². The summed E-state index contributed by atoms with van der Waals surface area (Å²) in [5.74, 6) is 0.420. The Bertz CT molecular complexity index is 561. The first-order valence-corrected chi connectivity index (χ1v) is 5.87. The molecule has 0 radical (unpaired) electrons. The van der Waals surface area contributed by atoms with E-state index in [1.807, 2.05) is 18.2 Å². The molecular formula is C13H13N3O. The minimum Gasteiger partial charge on any atom is -0.356 e. The van der Waals surface area contributed by atoms with Gasteiger partial charge in [-0.3, -0.25) is 0 Å². The third-order valence-corrected chi connectivity index (χ3v) is 3.43. The summed E-state index contributed by atoms with van der Waals surface area (Å²) < 4.78 is 5.33. The lowest BCUT2D eigenvalue weighted by Gasteiger charge is -2.26. The van der Waals surface area contributed by atoms with Crippen LogP contribution in [0.2, 0.25) is 0 Å². The van der Waals surface area contributed by atoms with Crippen LogP contribution in [-0.2, 0) is 0 Å². The molecule has 0 unspecified atom stereocenters. The van der Waals surface area contributed by atoms with Gasteiger partial charge < -0.3 is 9.42 Å². The Balaban J connectivity index is 1.88. The molecule has 86 valence electrons. The predicted molar refractivity (Wildman–Crippen MR) is 63.2 cm³/mol. The average molecular weight is 227 g/mol. The van der Waals surface area contributed by atoms with Crippen molar-refractivity contribution in [1.29, 1.82) is 5.26 Å². The second kappa shape index (κ2) is 4.10. The summed E-state index contributed by atoms with van der Waals surface area (Å²) in [6, 6.07) is 7.96. The van der Waals surface area contributed by atoms with Gasteiger partial charge in [-0.25, -0.2) is 0 Å². The molecule has 0 bridgehead atoms. The fourth-order valence-corrected chi connectivity index (χ4v) is 2.45. The molecule has 1 fully saturated rings. The molecular weight excluding hydrogens is 214 g/mol. The topological polar surface area (TPSA) is 53.1 Å². The maximum absolute atomic E-state index is 8.82. The van der Waals surface area contributed by atoms with Crippen molar-refractivity contribution in [2.24, 2.45) is 0 Å². The van der Waals surface area contributed by atoms with E-state index in [9.17, 15) is 0 Å². The van der Waals surface area contributed by atoms with Crippen molar-refractivity contribution >= 4 is 11.0 Å². The molecule has 1 aliphatic heterocycles. The zero-order chi connectivity index (χ0) is 11.7. The SMILES string of the molecule is N#CN1CCC(c2noc3ccccc23)CC1. The van der Waals surface area contributed by atoms with Gasteiger partial charge in [0.25, 0.3) is 0 Å². The lowest BCUT2D eigenvalue weighted by atomic mass is 9.92. The van der Waals surface area contributed by atoms with Gasteiger partial charge in [0.05, 0.1) is 5.69 Å². The number of piperidine rings is 1. The zero-order valence-corrected chi connectivity index (χ0v) is 9.47. The second-order valence-corrected chi connectivity index (χ2v) is 4.43. The molecule has 1 aromatic carbocycles. The number of fused-ring (bicyclic) bond motifs is 1. The first kappa shape index (κ1) is 10.2. The smallest absolute Gasteiger partial charge is 0.179 e. The van der Waals surface area contributed by atoms with Gasteiger partial charge in [-0.15, -0.1) is 0 Å². The molecule has 0 amide bonds. The van der Waals surface area contributed by atoms with Gasteiger partial charge in [0, 0.05) is 24.4 Å². The van der Waals surface area contributed by atoms with Crippen LogP contribution in [-0.4, -0.2) is 23.1 Å². The second-order valence-electron chi connectivity index (χ2n) is 4.43. The van der Waals surface area contributed by atoms with E-state index in [0.717, 1.165) is 42.6 Å². The van der Waals surface area contributed by atoms with Crippen LogP contribution in [0.25, 0.3) is 11.0 Å². The first-order chi connectivity index (χ1) is 8.38. The molecule has 1 aromatic heterocycles. The average Bonchev–Trinajstić information content (AvgIpc) is 2.83. The summed E-state index contributed by atoms with van der Waals surface area (Å²) in [5.41, 5.74) is 1.91. The number of likely N-dealkylation sites (tertiary alicyclic amines) is 1. The molecule has 4 nitrogen and oxygen atoms in total. The monoisotopic (exact) mass is 227 g/mol. The number of rotatable bonds is 1. The van der Waals surface area contributed by atoms with Gasteiger partial charge in [0.15, 0.2) is 11.8 Å². The number of nitrogens with zero attached hydrogens (tertiary/aromatic N) is 3. The van der Waals surface area contributed by atoms with Crippen LogP contribution in [0.3, 0.4) is 0 Å². The van der Waals surface area contributed by atoms with Crippen molar-refractivity contribution in [2.45, 2.75) is 18.8 Å². The number of aromatic nitrogens is 1. The van der Waals surface area contributed by atoms with Crippen LogP contribution in [0.4, 0.5) is 0 Å². The highest BCUT2D eigenvalue weighted by atomic mass is 16.5. The summed E-state index contributed by atoms with van der Waals surface area (Å²) in [5, 5.41) is 14.1. The number of benzene rings is 1. The van der Waals surface area contributed by atoms with Crippen LogP contribution in [0.1, 0.15) is 24.5 Å². The molecule has 4 heteroatoms. The van der Waals surface area contributed by atoms with E-state index in [0.29, 0.717) is 5.92 Å². The van der Waals surface area contributed by atoms with Gasteiger partial charge >= 0.3 is 0 Å². The normalized spacial score (nSPS) is 17.2. The highest BCUT2D eigenvalue weighted by Crippen LogP contribution is 2.31. The molecule has 0 saturated carbocycles. The third-order valence-electron chi connectivity index (χ3n) is 3.43. The molecule has 1 aliphatic rings. The summed E-state index contributed by atoms with van der Waals surface area (Å²) in [4.78, 5) is 1.80. The van der Waals surface area contributed by atoms with Gasteiger partial charge in [0.1, 0.15) is 0 Å². The van der Waals surface area contributed by atoms with E-state index in [1.165, 1.54) is 0 Å². The Morgan fingerprint density at radius 2 is 2.06 bits per heavy atom. The lowest BCUT2D eigenvalue weighted by molar-refractivity contribution is 0.288. The maximum atomic E-state index is 8.82. The fourth-order valence-electron chi connectivity index (χ4n) is 2.45. The van der Waals surface area contributed by atoms with Crippen LogP contribution >= 0.6 is 0 Å². The van der Waals surface area contributed by atoms with Gasteiger partial charge in [-0.1, -0.05) is 17.3 Å². The molecule has 0 N–H and O–H groups in total. The molecule has 1 saturated heterocycles. The van der Waals surface area contributed by atoms with Crippen LogP contribution in [0.15, 0.2) is 28.8 Å². The molecule has 3 rings (SSSR count). The summed E-state index contributed by atoms with van der Waals surface area (Å²) in [6.45, 7) is 1.64. The van der Waals surface area contributed by atoms with E-state index < -0.39 is 0 Å². The minimum absolute atomic E-state index is 0.420. The van der Waals surface area contributed by atoms with Gasteiger partial charge in [-0.05, 0) is 25.0 Å². The summed E-state index contributed by atoms with van der Waals surface area (Å²) >= 11 is 0. The van der Waals surface area contributed by atoms with Crippen molar-refractivity contribution in [1.82, 2.24) is 10.1 Å². The summed E-state index contributed by atoms with van der Waals surface area (Å²) in [6.07, 6.45) is 4.15. The van der Waals surface area contributed by atoms with Crippen molar-refractivity contribution < 1.29 is 4.52 Å². The van der Waals surface area contributed by atoms with Gasteiger partial charge in [-0.2, -0.15) is 5.26 Å². The zero-order valence-electron chi connectivity index (χ0n) is 9.47. The first-order valence-electron chi connectivity index (χ1n) is 5.87. The van der Waals surface area contributed by atoms with Crippen molar-refractivity contribution in [3.8, 4) is 6.19 Å². The summed E-state index contributed by atoms with van der Waals surface area (Å²) in [7, 11) is 0. The largest absolute Gasteiger partial charge is 0.356 e. The molecule has 17 heavy (non-hydrogen) atoms. The predicted octanol–water partition coefficient (Wildman–Crippen LogP) is 2.49. The lowest BCUT2D eigenvalue weighted by Crippen LogP contribution is -2.28. The van der Waals surface area contributed by atoms with E-state index in [1.54, 1.807) is 4.90 Å². The van der Waals surface area contributed by atoms with Crippen LogP contribution in [0, 0.1) is 11.5 Å². The Morgan fingerprint density at radius 1 is 1.29 bits per heavy atom. The molecule has 2 heterocycles. The Kier molecular flexibility index (Phi) is 2.45. The molecule has 0 aliphatic carbocycles. The van der Waals surface area contributed by atoms with Crippen LogP contribution < -0.4 is 0 Å². The Labute approximate surface area is 99.4 Å². The van der Waals surface area contributed by atoms with Crippen LogP contribution in [0.5, 0.6) is 0 Å². The Hall–Kier alpha value is -2.02.